The highest BCUT2D eigenvalue weighted by Crippen LogP contribution is 2.00. The smallest absolute Gasteiger partial charge is 0.237 e. The molecule has 0 heterocycles. The van der Waals surface area contributed by atoms with Crippen LogP contribution in [0.5, 0.6) is 0 Å². The number of amides is 1. The second-order valence-electron chi connectivity index (χ2n) is 3.12. The molecule has 0 rings (SSSR count). The van der Waals surface area contributed by atoms with E-state index in [2.05, 4.69) is 5.32 Å². The Morgan fingerprint density at radius 1 is 1.69 bits per heavy atom. The number of carbonyl (C=O) groups is 1. The van der Waals surface area contributed by atoms with Gasteiger partial charge in [-0.25, -0.2) is 0 Å². The minimum absolute atomic E-state index is 0.0418. The Kier molecular flexibility index (Phi) is 5.90. The number of aliphatic hydroxyl groups excluding tert-OH is 1. The first kappa shape index (κ1) is 11.9. The standard InChI is InChI=1S/C9H16N2O2/c1-3-8(4-10)9(13)11-5-7(2)6-12/h7-8,12H,3,5-6H2,1-2H3,(H,11,13). The van der Waals surface area contributed by atoms with Gasteiger partial charge in [0.2, 0.25) is 5.91 Å². The van der Waals surface area contributed by atoms with Gasteiger partial charge in [-0.3, -0.25) is 4.79 Å². The molecule has 0 saturated carbocycles. The molecule has 2 unspecified atom stereocenters. The summed E-state index contributed by atoms with van der Waals surface area (Å²) in [4.78, 5) is 11.2. The maximum absolute atomic E-state index is 11.2. The quantitative estimate of drug-likeness (QED) is 0.644. The summed E-state index contributed by atoms with van der Waals surface area (Å²) in [7, 11) is 0. The van der Waals surface area contributed by atoms with Gasteiger partial charge in [0.1, 0.15) is 5.92 Å². The third-order valence-corrected chi connectivity index (χ3v) is 1.82. The lowest BCUT2D eigenvalue weighted by atomic mass is 10.1. The van der Waals surface area contributed by atoms with Gasteiger partial charge in [-0.2, -0.15) is 5.26 Å². The van der Waals surface area contributed by atoms with E-state index in [4.69, 9.17) is 10.4 Å². The van der Waals surface area contributed by atoms with Crippen LogP contribution in [-0.2, 0) is 4.79 Å². The molecular formula is C9H16N2O2. The van der Waals surface area contributed by atoms with Crippen molar-refractivity contribution in [1.82, 2.24) is 5.32 Å². The van der Waals surface area contributed by atoms with Gasteiger partial charge in [0, 0.05) is 13.2 Å². The van der Waals surface area contributed by atoms with Crippen LogP contribution in [0.3, 0.4) is 0 Å². The molecule has 0 radical (unpaired) electrons. The van der Waals surface area contributed by atoms with Crippen molar-refractivity contribution in [2.45, 2.75) is 20.3 Å². The molecule has 0 saturated heterocycles. The molecular weight excluding hydrogens is 168 g/mol. The van der Waals surface area contributed by atoms with E-state index in [1.807, 2.05) is 13.0 Å². The molecule has 0 aromatic heterocycles. The number of nitriles is 1. The second-order valence-corrected chi connectivity index (χ2v) is 3.12. The molecule has 4 heteroatoms. The number of aliphatic hydroxyl groups is 1. The zero-order chi connectivity index (χ0) is 10.3. The molecule has 0 aliphatic rings. The molecule has 0 aliphatic heterocycles. The molecule has 0 bridgehead atoms. The van der Waals surface area contributed by atoms with Crippen molar-refractivity contribution >= 4 is 5.91 Å². The van der Waals surface area contributed by atoms with Crippen LogP contribution in [0.2, 0.25) is 0 Å². The predicted octanol–water partition coefficient (Wildman–Crippen LogP) is 0.281. The maximum Gasteiger partial charge on any atom is 0.237 e. The summed E-state index contributed by atoms with van der Waals surface area (Å²) >= 11 is 0. The van der Waals surface area contributed by atoms with E-state index in [-0.39, 0.29) is 18.4 Å². The van der Waals surface area contributed by atoms with Crippen LogP contribution < -0.4 is 5.32 Å². The Balaban J connectivity index is 3.81. The largest absolute Gasteiger partial charge is 0.396 e. The third-order valence-electron chi connectivity index (χ3n) is 1.82. The lowest BCUT2D eigenvalue weighted by Crippen LogP contribution is -2.33. The van der Waals surface area contributed by atoms with Crippen LogP contribution in [0.15, 0.2) is 0 Å². The summed E-state index contributed by atoms with van der Waals surface area (Å²) in [5, 5.41) is 19.9. The third kappa shape index (κ3) is 4.48. The van der Waals surface area contributed by atoms with E-state index in [9.17, 15) is 4.79 Å². The molecule has 0 aromatic carbocycles. The normalized spacial score (nSPS) is 14.3. The lowest BCUT2D eigenvalue weighted by molar-refractivity contribution is -0.123. The van der Waals surface area contributed by atoms with Gasteiger partial charge in [0.05, 0.1) is 6.07 Å². The summed E-state index contributed by atoms with van der Waals surface area (Å²) in [6, 6.07) is 1.92. The number of nitrogens with zero attached hydrogens (tertiary/aromatic N) is 1. The molecule has 2 N–H and O–H groups in total. The summed E-state index contributed by atoms with van der Waals surface area (Å²) in [5.74, 6) is -0.767. The summed E-state index contributed by atoms with van der Waals surface area (Å²) in [6.07, 6.45) is 0.524. The van der Waals surface area contributed by atoms with Crippen LogP contribution in [0, 0.1) is 23.2 Å². The van der Waals surface area contributed by atoms with E-state index < -0.39 is 5.92 Å². The molecule has 1 amide bonds. The first-order valence-corrected chi connectivity index (χ1v) is 4.43. The van der Waals surface area contributed by atoms with Gasteiger partial charge >= 0.3 is 0 Å². The first-order valence-electron chi connectivity index (χ1n) is 4.43. The number of hydrogen-bond acceptors (Lipinski definition) is 3. The van der Waals surface area contributed by atoms with E-state index in [1.165, 1.54) is 0 Å². The highest BCUT2D eigenvalue weighted by molar-refractivity contribution is 5.80. The molecule has 74 valence electrons. The highest BCUT2D eigenvalue weighted by Gasteiger charge is 2.15. The van der Waals surface area contributed by atoms with Crippen molar-refractivity contribution in [2.24, 2.45) is 11.8 Å². The number of nitrogens with one attached hydrogen (secondary N) is 1. The van der Waals surface area contributed by atoms with E-state index in [1.54, 1.807) is 6.92 Å². The average Bonchev–Trinajstić information content (AvgIpc) is 2.16. The summed E-state index contributed by atoms with van der Waals surface area (Å²) in [5.41, 5.74) is 0. The zero-order valence-corrected chi connectivity index (χ0v) is 8.08. The number of hydrogen-bond donors (Lipinski definition) is 2. The van der Waals surface area contributed by atoms with Gasteiger partial charge in [0.15, 0.2) is 0 Å². The van der Waals surface area contributed by atoms with Gasteiger partial charge < -0.3 is 10.4 Å². The van der Waals surface area contributed by atoms with Crippen LogP contribution in [0.4, 0.5) is 0 Å². The van der Waals surface area contributed by atoms with Crippen molar-refractivity contribution in [3.05, 3.63) is 0 Å². The monoisotopic (exact) mass is 184 g/mol. The molecule has 2 atom stereocenters. The highest BCUT2D eigenvalue weighted by atomic mass is 16.3. The Hall–Kier alpha value is -1.08. The fourth-order valence-electron chi connectivity index (χ4n) is 0.798. The van der Waals surface area contributed by atoms with Gasteiger partial charge in [0.25, 0.3) is 0 Å². The minimum Gasteiger partial charge on any atom is -0.396 e. The summed E-state index contributed by atoms with van der Waals surface area (Å²) < 4.78 is 0. The number of carbonyl (C=O) groups excluding carboxylic acids is 1. The van der Waals surface area contributed by atoms with Crippen molar-refractivity contribution in [3.8, 4) is 6.07 Å². The zero-order valence-electron chi connectivity index (χ0n) is 8.08. The molecule has 13 heavy (non-hydrogen) atoms. The van der Waals surface area contributed by atoms with Crippen LogP contribution in [0.25, 0.3) is 0 Å². The Bertz CT molecular complexity index is 198. The van der Waals surface area contributed by atoms with Gasteiger partial charge in [-0.15, -0.1) is 0 Å². The van der Waals surface area contributed by atoms with Crippen molar-refractivity contribution < 1.29 is 9.90 Å². The van der Waals surface area contributed by atoms with E-state index >= 15 is 0 Å². The minimum atomic E-state index is -0.564. The van der Waals surface area contributed by atoms with Crippen LogP contribution in [0.1, 0.15) is 20.3 Å². The number of rotatable bonds is 5. The first-order chi connectivity index (χ1) is 6.15. The average molecular weight is 184 g/mol. The fourth-order valence-corrected chi connectivity index (χ4v) is 0.798. The molecule has 0 spiro atoms. The Labute approximate surface area is 78.6 Å². The molecule has 4 nitrogen and oxygen atoms in total. The van der Waals surface area contributed by atoms with Crippen molar-refractivity contribution in [1.29, 1.82) is 5.26 Å². The second kappa shape index (κ2) is 6.44. The SMILES string of the molecule is CCC(C#N)C(=O)NCC(C)CO. The van der Waals surface area contributed by atoms with E-state index in [0.29, 0.717) is 13.0 Å². The Morgan fingerprint density at radius 2 is 2.31 bits per heavy atom. The van der Waals surface area contributed by atoms with Gasteiger partial charge in [-0.05, 0) is 12.3 Å². The lowest BCUT2D eigenvalue weighted by Gasteiger charge is -2.11. The van der Waals surface area contributed by atoms with Crippen LogP contribution >= 0.6 is 0 Å². The molecule has 0 aliphatic carbocycles. The summed E-state index contributed by atoms with van der Waals surface area (Å²) in [6.45, 7) is 4.09. The fraction of sp³-hybridized carbons (Fsp3) is 0.778. The van der Waals surface area contributed by atoms with Crippen LogP contribution in [-0.4, -0.2) is 24.2 Å². The topological polar surface area (TPSA) is 73.1 Å². The predicted molar refractivity (Wildman–Crippen MR) is 48.7 cm³/mol. The molecule has 0 fully saturated rings. The van der Waals surface area contributed by atoms with Crippen molar-refractivity contribution in [2.75, 3.05) is 13.2 Å². The van der Waals surface area contributed by atoms with Crippen molar-refractivity contribution in [3.63, 3.8) is 0 Å². The Morgan fingerprint density at radius 3 is 2.69 bits per heavy atom. The maximum atomic E-state index is 11.2. The van der Waals surface area contributed by atoms with E-state index in [0.717, 1.165) is 0 Å². The molecule has 0 aromatic rings. The van der Waals surface area contributed by atoms with Gasteiger partial charge in [-0.1, -0.05) is 13.8 Å².